The third-order valence-corrected chi connectivity index (χ3v) is 2.51. The highest BCUT2D eigenvalue weighted by Crippen LogP contribution is 2.25. The predicted octanol–water partition coefficient (Wildman–Crippen LogP) is -0.954. The summed E-state index contributed by atoms with van der Waals surface area (Å²) in [4.78, 5) is 10.9. The standard InChI is InChI=1S/C8H16N2O3/c1-4-3-5(7(12)6(4)11)10-8(13)9-2/h4-7,11-12H,3H2,1-2H3,(H2,9,10,13)/t4-,5+,6+,7-/m1/s1. The summed E-state index contributed by atoms with van der Waals surface area (Å²) in [6.45, 7) is 1.85. The third-order valence-electron chi connectivity index (χ3n) is 2.51. The first-order valence-corrected chi connectivity index (χ1v) is 4.40. The third kappa shape index (κ3) is 2.10. The van der Waals surface area contributed by atoms with Gasteiger partial charge in [0.1, 0.15) is 6.10 Å². The second-order valence-corrected chi connectivity index (χ2v) is 3.52. The van der Waals surface area contributed by atoms with E-state index in [1.54, 1.807) is 0 Å². The molecule has 0 aliphatic heterocycles. The Balaban J connectivity index is 2.49. The molecule has 1 rings (SSSR count). The van der Waals surface area contributed by atoms with Gasteiger partial charge in [-0.1, -0.05) is 6.92 Å². The lowest BCUT2D eigenvalue weighted by Gasteiger charge is -2.17. The average Bonchev–Trinajstić information content (AvgIpc) is 2.34. The van der Waals surface area contributed by atoms with Gasteiger partial charge in [0, 0.05) is 7.05 Å². The highest BCUT2D eigenvalue weighted by molar-refractivity contribution is 5.73. The van der Waals surface area contributed by atoms with Gasteiger partial charge in [-0.05, 0) is 12.3 Å². The van der Waals surface area contributed by atoms with Gasteiger partial charge in [0.2, 0.25) is 0 Å². The fourth-order valence-corrected chi connectivity index (χ4v) is 1.64. The van der Waals surface area contributed by atoms with E-state index in [2.05, 4.69) is 10.6 Å². The zero-order chi connectivity index (χ0) is 10.0. The number of hydrogen-bond donors (Lipinski definition) is 4. The van der Waals surface area contributed by atoms with Crippen LogP contribution in [0, 0.1) is 5.92 Å². The molecular weight excluding hydrogens is 172 g/mol. The lowest BCUT2D eigenvalue weighted by molar-refractivity contribution is 0.0158. The fraction of sp³-hybridized carbons (Fsp3) is 0.875. The molecule has 0 saturated heterocycles. The van der Waals surface area contributed by atoms with E-state index in [4.69, 9.17) is 0 Å². The van der Waals surface area contributed by atoms with Crippen LogP contribution in [0.3, 0.4) is 0 Å². The van der Waals surface area contributed by atoms with Crippen LogP contribution in [-0.2, 0) is 0 Å². The van der Waals surface area contributed by atoms with Crippen LogP contribution in [0.2, 0.25) is 0 Å². The smallest absolute Gasteiger partial charge is 0.314 e. The summed E-state index contributed by atoms with van der Waals surface area (Å²) in [5.41, 5.74) is 0. The molecule has 0 radical (unpaired) electrons. The maximum absolute atomic E-state index is 10.9. The number of amides is 2. The number of carbonyl (C=O) groups excluding carboxylic acids is 1. The summed E-state index contributed by atoms with van der Waals surface area (Å²) < 4.78 is 0. The van der Waals surface area contributed by atoms with Gasteiger partial charge in [0.15, 0.2) is 0 Å². The summed E-state index contributed by atoms with van der Waals surface area (Å²) in [6.07, 6.45) is -0.982. The van der Waals surface area contributed by atoms with Crippen molar-refractivity contribution in [3.8, 4) is 0 Å². The summed E-state index contributed by atoms with van der Waals surface area (Å²) >= 11 is 0. The monoisotopic (exact) mass is 188 g/mol. The molecule has 0 aromatic rings. The number of urea groups is 1. The van der Waals surface area contributed by atoms with E-state index in [1.807, 2.05) is 6.92 Å². The minimum Gasteiger partial charge on any atom is -0.390 e. The maximum atomic E-state index is 10.9. The number of carbonyl (C=O) groups is 1. The summed E-state index contributed by atoms with van der Waals surface area (Å²) in [5, 5.41) is 23.9. The van der Waals surface area contributed by atoms with E-state index in [-0.39, 0.29) is 18.0 Å². The normalized spacial score (nSPS) is 38.8. The fourth-order valence-electron chi connectivity index (χ4n) is 1.64. The minimum atomic E-state index is -0.854. The molecule has 0 bridgehead atoms. The molecule has 1 saturated carbocycles. The number of hydrogen-bond acceptors (Lipinski definition) is 3. The van der Waals surface area contributed by atoms with E-state index in [1.165, 1.54) is 7.05 Å². The van der Waals surface area contributed by atoms with Crippen LogP contribution in [0.25, 0.3) is 0 Å². The molecule has 4 atom stereocenters. The van der Waals surface area contributed by atoms with Gasteiger partial charge in [-0.3, -0.25) is 0 Å². The first kappa shape index (κ1) is 10.3. The van der Waals surface area contributed by atoms with Gasteiger partial charge in [0.05, 0.1) is 12.1 Å². The lowest BCUT2D eigenvalue weighted by atomic mass is 10.1. The van der Waals surface area contributed by atoms with Crippen molar-refractivity contribution < 1.29 is 15.0 Å². The van der Waals surface area contributed by atoms with Crippen molar-refractivity contribution in [1.82, 2.24) is 10.6 Å². The van der Waals surface area contributed by atoms with Gasteiger partial charge in [0.25, 0.3) is 0 Å². The molecule has 2 amide bonds. The zero-order valence-electron chi connectivity index (χ0n) is 7.82. The molecule has 13 heavy (non-hydrogen) atoms. The summed E-state index contributed by atoms with van der Waals surface area (Å²) in [7, 11) is 1.51. The van der Waals surface area contributed by atoms with E-state index in [0.717, 1.165) is 0 Å². The van der Waals surface area contributed by atoms with Crippen LogP contribution in [0.4, 0.5) is 4.79 Å². The van der Waals surface area contributed by atoms with Crippen LogP contribution in [0.5, 0.6) is 0 Å². The van der Waals surface area contributed by atoms with Crippen LogP contribution in [0.1, 0.15) is 13.3 Å². The molecule has 1 fully saturated rings. The number of rotatable bonds is 1. The first-order valence-electron chi connectivity index (χ1n) is 4.40. The quantitative estimate of drug-likeness (QED) is 0.428. The SMILES string of the molecule is CNC(=O)N[C@H]1C[C@@H](C)[C@H](O)[C@@H]1O. The molecule has 0 aromatic carbocycles. The first-order chi connectivity index (χ1) is 6.06. The Kier molecular flexibility index (Phi) is 3.11. The van der Waals surface area contributed by atoms with E-state index in [9.17, 15) is 15.0 Å². The molecule has 4 N–H and O–H groups in total. The predicted molar refractivity (Wildman–Crippen MR) is 47.2 cm³/mol. The van der Waals surface area contributed by atoms with Crippen molar-refractivity contribution in [3.05, 3.63) is 0 Å². The van der Waals surface area contributed by atoms with Gasteiger partial charge in [-0.25, -0.2) is 4.79 Å². The average molecular weight is 188 g/mol. The Morgan fingerprint density at radius 2 is 2.00 bits per heavy atom. The van der Waals surface area contributed by atoms with Gasteiger partial charge < -0.3 is 20.8 Å². The number of aliphatic hydroxyl groups is 2. The van der Waals surface area contributed by atoms with Crippen molar-refractivity contribution in [3.63, 3.8) is 0 Å². The van der Waals surface area contributed by atoms with Crippen LogP contribution < -0.4 is 10.6 Å². The molecule has 0 aromatic heterocycles. The lowest BCUT2D eigenvalue weighted by Crippen LogP contribution is -2.46. The van der Waals surface area contributed by atoms with Crippen LogP contribution in [0.15, 0.2) is 0 Å². The van der Waals surface area contributed by atoms with E-state index >= 15 is 0 Å². The largest absolute Gasteiger partial charge is 0.390 e. The maximum Gasteiger partial charge on any atom is 0.314 e. The number of aliphatic hydroxyl groups excluding tert-OH is 2. The van der Waals surface area contributed by atoms with Crippen molar-refractivity contribution >= 4 is 6.03 Å². The molecular formula is C8H16N2O3. The topological polar surface area (TPSA) is 81.6 Å². The molecule has 76 valence electrons. The highest BCUT2D eigenvalue weighted by atomic mass is 16.3. The van der Waals surface area contributed by atoms with Crippen LogP contribution >= 0.6 is 0 Å². The molecule has 5 heteroatoms. The van der Waals surface area contributed by atoms with Gasteiger partial charge >= 0.3 is 6.03 Å². The molecule has 0 spiro atoms. The van der Waals surface area contributed by atoms with Crippen molar-refractivity contribution in [2.24, 2.45) is 5.92 Å². The molecule has 0 unspecified atom stereocenters. The molecule has 1 aliphatic carbocycles. The van der Waals surface area contributed by atoms with E-state index in [0.29, 0.717) is 6.42 Å². The zero-order valence-corrected chi connectivity index (χ0v) is 7.82. The van der Waals surface area contributed by atoms with Crippen LogP contribution in [-0.4, -0.2) is 41.5 Å². The molecule has 5 nitrogen and oxygen atoms in total. The van der Waals surface area contributed by atoms with E-state index < -0.39 is 12.2 Å². The van der Waals surface area contributed by atoms with Gasteiger partial charge in [-0.2, -0.15) is 0 Å². The summed E-state index contributed by atoms with van der Waals surface area (Å²) in [6, 6.07) is -0.671. The second-order valence-electron chi connectivity index (χ2n) is 3.52. The Bertz CT molecular complexity index is 198. The summed E-state index contributed by atoms with van der Waals surface area (Å²) in [5.74, 6) is 0.0251. The number of nitrogens with one attached hydrogen (secondary N) is 2. The Hall–Kier alpha value is -0.810. The molecule has 1 aliphatic rings. The van der Waals surface area contributed by atoms with Crippen molar-refractivity contribution in [2.75, 3.05) is 7.05 Å². The molecule has 0 heterocycles. The highest BCUT2D eigenvalue weighted by Gasteiger charge is 2.39. The Morgan fingerprint density at radius 1 is 1.38 bits per heavy atom. The Labute approximate surface area is 77.1 Å². The Morgan fingerprint density at radius 3 is 2.38 bits per heavy atom. The van der Waals surface area contributed by atoms with Crippen molar-refractivity contribution in [2.45, 2.75) is 31.6 Å². The minimum absolute atomic E-state index is 0.0251. The van der Waals surface area contributed by atoms with Gasteiger partial charge in [-0.15, -0.1) is 0 Å². The second kappa shape index (κ2) is 3.93. The van der Waals surface area contributed by atoms with Crippen molar-refractivity contribution in [1.29, 1.82) is 0 Å².